The van der Waals surface area contributed by atoms with Gasteiger partial charge in [0.1, 0.15) is 0 Å². The lowest BCUT2D eigenvalue weighted by Gasteiger charge is -2.36. The number of hydrogen-bond donors (Lipinski definition) is 2. The van der Waals surface area contributed by atoms with Gasteiger partial charge in [-0.05, 0) is 6.07 Å². The Balaban J connectivity index is 0.00000242. The second kappa shape index (κ2) is 9.38. The average Bonchev–Trinajstić information content (AvgIpc) is 2.56. The van der Waals surface area contributed by atoms with Crippen molar-refractivity contribution < 1.29 is 4.79 Å². The summed E-state index contributed by atoms with van der Waals surface area (Å²) < 4.78 is 0. The third-order valence-corrected chi connectivity index (χ3v) is 3.31. The van der Waals surface area contributed by atoms with Crippen molar-refractivity contribution >= 4 is 41.8 Å². The van der Waals surface area contributed by atoms with Crippen molar-refractivity contribution in [2.24, 2.45) is 4.99 Å². The fourth-order valence-corrected chi connectivity index (χ4v) is 2.15. The number of carbonyl (C=O) groups excluding carboxylic acids is 1. The van der Waals surface area contributed by atoms with Gasteiger partial charge < -0.3 is 20.4 Å². The lowest BCUT2D eigenvalue weighted by molar-refractivity contribution is -0.119. The highest BCUT2D eigenvalue weighted by Gasteiger charge is 2.21. The molecule has 9 heteroatoms. The van der Waals surface area contributed by atoms with Crippen LogP contribution in [0.3, 0.4) is 0 Å². The number of likely N-dealkylation sites (N-methyl/N-ethyl adjacent to an activating group) is 1. The maximum absolute atomic E-state index is 11.3. The summed E-state index contributed by atoms with van der Waals surface area (Å²) in [6, 6.07) is 1.81. The van der Waals surface area contributed by atoms with Gasteiger partial charge in [0.15, 0.2) is 5.96 Å². The molecule has 2 rings (SSSR count). The first kappa shape index (κ1) is 18.4. The lowest BCUT2D eigenvalue weighted by Crippen LogP contribution is -2.53. The van der Waals surface area contributed by atoms with Crippen molar-refractivity contribution in [1.29, 1.82) is 0 Å². The van der Waals surface area contributed by atoms with Crippen LogP contribution in [0.1, 0.15) is 0 Å². The highest BCUT2D eigenvalue weighted by Crippen LogP contribution is 2.09. The van der Waals surface area contributed by atoms with Gasteiger partial charge in [-0.3, -0.25) is 9.79 Å². The zero-order chi connectivity index (χ0) is 15.1. The minimum absolute atomic E-state index is 0. The second-order valence-electron chi connectivity index (χ2n) is 4.60. The number of halogens is 1. The first-order chi connectivity index (χ1) is 10.2. The van der Waals surface area contributed by atoms with Gasteiger partial charge in [-0.25, -0.2) is 9.97 Å². The minimum Gasteiger partial charge on any atom is -0.358 e. The summed E-state index contributed by atoms with van der Waals surface area (Å²) in [7, 11) is 3.34. The molecule has 0 spiro atoms. The van der Waals surface area contributed by atoms with E-state index in [1.54, 1.807) is 26.5 Å². The van der Waals surface area contributed by atoms with Gasteiger partial charge in [0, 0.05) is 52.7 Å². The Morgan fingerprint density at radius 3 is 2.45 bits per heavy atom. The van der Waals surface area contributed by atoms with Gasteiger partial charge in [0.2, 0.25) is 11.9 Å². The Morgan fingerprint density at radius 2 is 1.91 bits per heavy atom. The maximum Gasteiger partial charge on any atom is 0.239 e. The number of aromatic nitrogens is 2. The number of amides is 1. The normalized spacial score (nSPS) is 15.1. The van der Waals surface area contributed by atoms with E-state index in [1.165, 1.54) is 0 Å². The number of anilines is 1. The predicted molar refractivity (Wildman–Crippen MR) is 96.7 cm³/mol. The van der Waals surface area contributed by atoms with Crippen LogP contribution in [0.5, 0.6) is 0 Å². The first-order valence-corrected chi connectivity index (χ1v) is 6.92. The SMILES string of the molecule is CN=C(NCC(=O)NC)N1CCN(c2ncccn2)CC1.I. The summed E-state index contributed by atoms with van der Waals surface area (Å²) in [5.41, 5.74) is 0. The number of carbonyl (C=O) groups is 1. The van der Waals surface area contributed by atoms with Crippen LogP contribution >= 0.6 is 24.0 Å². The first-order valence-electron chi connectivity index (χ1n) is 6.92. The molecular weight excluding hydrogens is 397 g/mol. The number of piperazine rings is 1. The molecule has 122 valence electrons. The van der Waals surface area contributed by atoms with Gasteiger partial charge in [0.25, 0.3) is 0 Å². The molecule has 0 bridgehead atoms. The molecule has 0 aliphatic carbocycles. The molecule has 0 saturated carbocycles. The van der Waals surface area contributed by atoms with Crippen molar-refractivity contribution in [3.8, 4) is 0 Å². The molecule has 1 amide bonds. The Hall–Kier alpha value is -1.65. The molecule has 8 nitrogen and oxygen atoms in total. The highest BCUT2D eigenvalue weighted by molar-refractivity contribution is 14.0. The maximum atomic E-state index is 11.3. The Labute approximate surface area is 147 Å². The van der Waals surface area contributed by atoms with Crippen molar-refractivity contribution in [3.63, 3.8) is 0 Å². The third-order valence-electron chi connectivity index (χ3n) is 3.31. The van der Waals surface area contributed by atoms with Crippen LogP contribution in [0.15, 0.2) is 23.5 Å². The van der Waals surface area contributed by atoms with Crippen LogP contribution in [-0.4, -0.2) is 73.6 Å². The Morgan fingerprint density at radius 1 is 1.27 bits per heavy atom. The molecule has 1 saturated heterocycles. The number of hydrogen-bond acceptors (Lipinski definition) is 5. The summed E-state index contributed by atoms with van der Waals surface area (Å²) in [4.78, 5) is 28.3. The molecule has 2 heterocycles. The number of aliphatic imine (C=N–C) groups is 1. The van der Waals surface area contributed by atoms with Gasteiger partial charge in [-0.2, -0.15) is 0 Å². The molecule has 2 N–H and O–H groups in total. The van der Waals surface area contributed by atoms with E-state index in [0.29, 0.717) is 0 Å². The molecule has 0 atom stereocenters. The fraction of sp³-hybridized carbons (Fsp3) is 0.538. The Kier molecular flexibility index (Phi) is 7.85. The van der Waals surface area contributed by atoms with Crippen LogP contribution in [0.2, 0.25) is 0 Å². The van der Waals surface area contributed by atoms with E-state index in [-0.39, 0.29) is 36.4 Å². The molecular formula is C13H22IN7O. The zero-order valence-corrected chi connectivity index (χ0v) is 15.2. The molecule has 1 aliphatic rings. The topological polar surface area (TPSA) is 85.8 Å². The average molecular weight is 419 g/mol. The molecule has 1 fully saturated rings. The number of guanidine groups is 1. The van der Waals surface area contributed by atoms with Crippen LogP contribution in [0.4, 0.5) is 5.95 Å². The Bertz CT molecular complexity index is 488. The van der Waals surface area contributed by atoms with Crippen LogP contribution < -0.4 is 15.5 Å². The standard InChI is InChI=1S/C13H21N7O.HI/c1-14-11(21)10-18-12(15-2)19-6-8-20(9-7-19)13-16-4-3-5-17-13;/h3-5H,6-10H2,1-2H3,(H,14,21)(H,15,18);1H. The van der Waals surface area contributed by atoms with E-state index in [9.17, 15) is 4.79 Å². The number of rotatable bonds is 3. The summed E-state index contributed by atoms with van der Waals surface area (Å²) in [6.45, 7) is 3.50. The highest BCUT2D eigenvalue weighted by atomic mass is 127. The summed E-state index contributed by atoms with van der Waals surface area (Å²) in [5.74, 6) is 1.44. The largest absolute Gasteiger partial charge is 0.358 e. The summed E-state index contributed by atoms with van der Waals surface area (Å²) in [5, 5.41) is 5.63. The molecule has 1 aliphatic heterocycles. The van der Waals surface area contributed by atoms with E-state index in [4.69, 9.17) is 0 Å². The number of nitrogens with zero attached hydrogens (tertiary/aromatic N) is 5. The summed E-state index contributed by atoms with van der Waals surface area (Å²) >= 11 is 0. The van der Waals surface area contributed by atoms with E-state index in [2.05, 4.69) is 35.4 Å². The van der Waals surface area contributed by atoms with E-state index < -0.39 is 0 Å². The van der Waals surface area contributed by atoms with Gasteiger partial charge >= 0.3 is 0 Å². The van der Waals surface area contributed by atoms with Crippen LogP contribution in [-0.2, 0) is 4.79 Å². The van der Waals surface area contributed by atoms with Crippen molar-refractivity contribution in [3.05, 3.63) is 18.5 Å². The monoisotopic (exact) mass is 419 g/mol. The van der Waals surface area contributed by atoms with E-state index >= 15 is 0 Å². The predicted octanol–water partition coefficient (Wildman–Crippen LogP) is -0.462. The minimum atomic E-state index is -0.0625. The molecule has 0 aromatic carbocycles. The second-order valence-corrected chi connectivity index (χ2v) is 4.60. The van der Waals surface area contributed by atoms with Crippen molar-refractivity contribution in [2.45, 2.75) is 0 Å². The number of nitrogens with one attached hydrogen (secondary N) is 2. The molecule has 22 heavy (non-hydrogen) atoms. The molecule has 0 unspecified atom stereocenters. The van der Waals surface area contributed by atoms with Gasteiger partial charge in [0.05, 0.1) is 6.54 Å². The third kappa shape index (κ3) is 4.97. The van der Waals surface area contributed by atoms with Crippen LogP contribution in [0, 0.1) is 0 Å². The summed E-state index contributed by atoms with van der Waals surface area (Å²) in [6.07, 6.45) is 3.50. The molecule has 0 radical (unpaired) electrons. The van der Waals surface area contributed by atoms with Gasteiger partial charge in [-0.1, -0.05) is 0 Å². The van der Waals surface area contributed by atoms with Gasteiger partial charge in [-0.15, -0.1) is 24.0 Å². The van der Waals surface area contributed by atoms with E-state index in [0.717, 1.165) is 38.1 Å². The lowest BCUT2D eigenvalue weighted by atomic mass is 10.3. The molecule has 1 aromatic heterocycles. The van der Waals surface area contributed by atoms with E-state index in [1.807, 2.05) is 6.07 Å². The smallest absolute Gasteiger partial charge is 0.239 e. The zero-order valence-electron chi connectivity index (χ0n) is 12.8. The van der Waals surface area contributed by atoms with Crippen molar-refractivity contribution in [1.82, 2.24) is 25.5 Å². The quantitative estimate of drug-likeness (QED) is 0.392. The van der Waals surface area contributed by atoms with Crippen LogP contribution in [0.25, 0.3) is 0 Å². The van der Waals surface area contributed by atoms with Crippen molar-refractivity contribution in [2.75, 3.05) is 51.7 Å². The molecule has 1 aromatic rings. The fourth-order valence-electron chi connectivity index (χ4n) is 2.15.